The second kappa shape index (κ2) is 13.7. The van der Waals surface area contributed by atoms with E-state index in [0.717, 1.165) is 32.4 Å². The number of hydrogen-bond acceptors (Lipinski definition) is 6. The van der Waals surface area contributed by atoms with E-state index < -0.39 is 48.2 Å². The van der Waals surface area contributed by atoms with Crippen LogP contribution in [0.25, 0.3) is 0 Å². The van der Waals surface area contributed by atoms with Gasteiger partial charge in [0, 0.05) is 13.0 Å². The van der Waals surface area contributed by atoms with Crippen molar-refractivity contribution in [2.75, 3.05) is 26.2 Å². The molecule has 0 bridgehead atoms. The molecule has 0 spiro atoms. The quantitative estimate of drug-likeness (QED) is 0.254. The molecule has 3 amide bonds. The van der Waals surface area contributed by atoms with E-state index in [1.54, 1.807) is 20.8 Å². The summed E-state index contributed by atoms with van der Waals surface area (Å²) in [4.78, 5) is 61.3. The Morgan fingerprint density at radius 1 is 1.06 bits per heavy atom. The number of piperidine rings is 1. The van der Waals surface area contributed by atoms with Crippen LogP contribution < -0.4 is 16.0 Å². The Balaban J connectivity index is 2.68. The molecule has 0 aromatic heterocycles. The van der Waals surface area contributed by atoms with E-state index in [9.17, 15) is 29.1 Å². The van der Waals surface area contributed by atoms with Crippen molar-refractivity contribution in [2.24, 2.45) is 11.8 Å². The van der Waals surface area contributed by atoms with Crippen molar-refractivity contribution in [1.82, 2.24) is 20.9 Å². The number of nitrogens with zero attached hydrogens (tertiary/aromatic N) is 1. The maximum Gasteiger partial charge on any atom is 0.326 e. The van der Waals surface area contributed by atoms with Gasteiger partial charge in [-0.15, -0.1) is 0 Å². The summed E-state index contributed by atoms with van der Waals surface area (Å²) < 4.78 is 0. The monoisotopic (exact) mass is 456 g/mol. The van der Waals surface area contributed by atoms with Crippen LogP contribution in [0.4, 0.5) is 0 Å². The van der Waals surface area contributed by atoms with E-state index in [0.29, 0.717) is 18.9 Å². The lowest BCUT2D eigenvalue weighted by atomic mass is 9.93. The van der Waals surface area contributed by atoms with Gasteiger partial charge < -0.3 is 31.1 Å². The predicted octanol–water partition coefficient (Wildman–Crippen LogP) is -0.200. The van der Waals surface area contributed by atoms with Crippen LogP contribution in [0.1, 0.15) is 52.9 Å². The summed E-state index contributed by atoms with van der Waals surface area (Å²) in [7, 11) is 0. The smallest absolute Gasteiger partial charge is 0.326 e. The summed E-state index contributed by atoms with van der Waals surface area (Å²) in [5.41, 5.74) is 0. The summed E-state index contributed by atoms with van der Waals surface area (Å²) in [6, 6.07) is -2.68. The first-order valence-electron chi connectivity index (χ1n) is 11.1. The van der Waals surface area contributed by atoms with Crippen LogP contribution >= 0.6 is 0 Å². The number of hydrogen-bond donors (Lipinski definition) is 5. The lowest BCUT2D eigenvalue weighted by molar-refractivity contribution is -0.144. The average Bonchev–Trinajstić information content (AvgIpc) is 2.73. The van der Waals surface area contributed by atoms with Crippen LogP contribution in [-0.2, 0) is 24.0 Å². The molecule has 1 aliphatic rings. The second-order valence-electron chi connectivity index (χ2n) is 8.43. The lowest BCUT2D eigenvalue weighted by Gasteiger charge is -2.26. The number of amides is 3. The molecular formula is C21H36N4O7. The van der Waals surface area contributed by atoms with E-state index in [2.05, 4.69) is 16.0 Å². The van der Waals surface area contributed by atoms with E-state index in [1.165, 1.54) is 4.90 Å². The summed E-state index contributed by atoms with van der Waals surface area (Å²) in [5.74, 6) is -4.31. The van der Waals surface area contributed by atoms with Crippen molar-refractivity contribution in [3.8, 4) is 0 Å². The lowest BCUT2D eigenvalue weighted by Crippen LogP contribution is -2.55. The largest absolute Gasteiger partial charge is 0.481 e. The summed E-state index contributed by atoms with van der Waals surface area (Å²) in [6.07, 6.45) is 2.38. The maximum absolute atomic E-state index is 12.5. The van der Waals surface area contributed by atoms with Gasteiger partial charge >= 0.3 is 11.9 Å². The van der Waals surface area contributed by atoms with Gasteiger partial charge in [0.2, 0.25) is 17.7 Å². The van der Waals surface area contributed by atoms with Crippen molar-refractivity contribution in [1.29, 1.82) is 0 Å². The van der Waals surface area contributed by atoms with E-state index in [4.69, 9.17) is 5.11 Å². The Morgan fingerprint density at radius 3 is 2.19 bits per heavy atom. The molecule has 1 aliphatic heterocycles. The minimum absolute atomic E-state index is 0.175. The number of carboxylic acid groups (broad SMARTS) is 2. The number of rotatable bonds is 13. The third kappa shape index (κ3) is 9.63. The van der Waals surface area contributed by atoms with Crippen molar-refractivity contribution in [3.05, 3.63) is 0 Å². The molecule has 1 heterocycles. The van der Waals surface area contributed by atoms with Gasteiger partial charge in [-0.05, 0) is 51.1 Å². The number of carboxylic acids is 2. The van der Waals surface area contributed by atoms with Crippen LogP contribution in [0.3, 0.4) is 0 Å². The average molecular weight is 457 g/mol. The molecule has 1 saturated heterocycles. The Morgan fingerprint density at radius 2 is 1.69 bits per heavy atom. The van der Waals surface area contributed by atoms with Gasteiger partial charge in [-0.3, -0.25) is 19.2 Å². The van der Waals surface area contributed by atoms with E-state index >= 15 is 0 Å². The third-order valence-electron chi connectivity index (χ3n) is 5.56. The van der Waals surface area contributed by atoms with E-state index in [1.807, 2.05) is 0 Å². The molecule has 32 heavy (non-hydrogen) atoms. The molecule has 0 unspecified atom stereocenters. The number of carbonyl (C=O) groups is 5. The van der Waals surface area contributed by atoms with Crippen LogP contribution in [0.2, 0.25) is 0 Å². The first-order chi connectivity index (χ1) is 15.0. The second-order valence-corrected chi connectivity index (χ2v) is 8.43. The fourth-order valence-corrected chi connectivity index (χ4v) is 3.60. The Kier molecular flexibility index (Phi) is 11.7. The fourth-order valence-electron chi connectivity index (χ4n) is 3.60. The highest BCUT2D eigenvalue weighted by Gasteiger charge is 2.30. The number of carbonyl (C=O) groups excluding carboxylic acids is 3. The minimum atomic E-state index is -1.45. The molecule has 0 aliphatic carbocycles. The van der Waals surface area contributed by atoms with Crippen molar-refractivity contribution < 1.29 is 34.2 Å². The number of likely N-dealkylation sites (N-methyl/N-ethyl adjacent to an activating group) is 1. The topological polar surface area (TPSA) is 165 Å². The third-order valence-corrected chi connectivity index (χ3v) is 5.56. The number of nitrogens with one attached hydrogen (secondary N) is 3. The molecule has 182 valence electrons. The molecule has 1 fully saturated rings. The minimum Gasteiger partial charge on any atom is -0.481 e. The standard InChI is InChI=1S/C21H36N4O7/c1-4-25(17(27)6-5-14-7-9-22-10-8-14)12-16(26)23-15(11-18(28)29)20(30)24-19(13(2)3)21(31)32/h13-15,19,22H,4-12H2,1-3H3,(H,23,26)(H,24,30)(H,28,29)(H,31,32)/t15-,19-/m0/s1. The normalized spacial score (nSPS) is 16.1. The van der Waals surface area contributed by atoms with Crippen molar-refractivity contribution in [3.63, 3.8) is 0 Å². The summed E-state index contributed by atoms with van der Waals surface area (Å²) in [6.45, 7) is 6.78. The fraction of sp³-hybridized carbons (Fsp3) is 0.762. The van der Waals surface area contributed by atoms with Gasteiger partial charge in [0.1, 0.15) is 12.1 Å². The Bertz CT molecular complexity index is 677. The molecule has 0 saturated carbocycles. The van der Waals surface area contributed by atoms with Gasteiger partial charge in [-0.1, -0.05) is 13.8 Å². The van der Waals surface area contributed by atoms with Crippen LogP contribution in [0, 0.1) is 11.8 Å². The molecule has 2 atom stereocenters. The predicted molar refractivity (Wildman–Crippen MR) is 116 cm³/mol. The van der Waals surface area contributed by atoms with Crippen LogP contribution in [0.15, 0.2) is 0 Å². The zero-order chi connectivity index (χ0) is 24.3. The zero-order valence-corrected chi connectivity index (χ0v) is 19.1. The number of aliphatic carboxylic acids is 2. The first kappa shape index (κ1) is 27.3. The summed E-state index contributed by atoms with van der Waals surface area (Å²) >= 11 is 0. The molecule has 5 N–H and O–H groups in total. The van der Waals surface area contributed by atoms with Crippen molar-refractivity contribution >= 4 is 29.7 Å². The van der Waals surface area contributed by atoms with Crippen LogP contribution in [0.5, 0.6) is 0 Å². The van der Waals surface area contributed by atoms with Crippen LogP contribution in [-0.4, -0.2) is 83.0 Å². The van der Waals surface area contributed by atoms with Gasteiger partial charge in [0.25, 0.3) is 0 Å². The van der Waals surface area contributed by atoms with E-state index in [-0.39, 0.29) is 12.5 Å². The highest BCUT2D eigenvalue weighted by atomic mass is 16.4. The Hall–Kier alpha value is -2.69. The molecule has 11 heteroatoms. The molecule has 0 radical (unpaired) electrons. The molecule has 0 aromatic carbocycles. The molecule has 11 nitrogen and oxygen atoms in total. The highest BCUT2D eigenvalue weighted by Crippen LogP contribution is 2.18. The van der Waals surface area contributed by atoms with Gasteiger partial charge in [0.05, 0.1) is 13.0 Å². The van der Waals surface area contributed by atoms with Gasteiger partial charge in [0.15, 0.2) is 0 Å². The summed E-state index contributed by atoms with van der Waals surface area (Å²) in [5, 5.41) is 26.2. The zero-order valence-electron chi connectivity index (χ0n) is 19.1. The molecule has 1 rings (SSSR count). The van der Waals surface area contributed by atoms with Crippen molar-refractivity contribution in [2.45, 2.75) is 65.0 Å². The maximum atomic E-state index is 12.5. The van der Waals surface area contributed by atoms with Gasteiger partial charge in [-0.25, -0.2) is 4.79 Å². The molecule has 0 aromatic rings. The SMILES string of the molecule is CCN(CC(=O)N[C@@H](CC(=O)O)C(=O)N[C@H](C(=O)O)C(C)C)C(=O)CCC1CCNCC1. The highest BCUT2D eigenvalue weighted by molar-refractivity contribution is 5.94. The Labute approximate surface area is 188 Å². The van der Waals surface area contributed by atoms with Gasteiger partial charge in [-0.2, -0.15) is 0 Å². The molecular weight excluding hydrogens is 420 g/mol. The first-order valence-corrected chi connectivity index (χ1v) is 11.1.